The van der Waals surface area contributed by atoms with Gasteiger partial charge in [0.25, 0.3) is 0 Å². The Labute approximate surface area is 100 Å². The summed E-state index contributed by atoms with van der Waals surface area (Å²) in [6.07, 6.45) is 5.65. The van der Waals surface area contributed by atoms with E-state index in [-0.39, 0.29) is 0 Å². The molecule has 2 rings (SSSR count). The largest absolute Gasteiger partial charge is 0.385 e. The van der Waals surface area contributed by atoms with Crippen LogP contribution < -0.4 is 5.32 Å². The molecule has 0 unspecified atom stereocenters. The van der Waals surface area contributed by atoms with Gasteiger partial charge in [0.1, 0.15) is 0 Å². The van der Waals surface area contributed by atoms with Crippen LogP contribution in [0.3, 0.4) is 0 Å². The fourth-order valence-electron chi connectivity index (χ4n) is 2.25. The Hall–Kier alpha value is -0.500. The maximum atomic E-state index is 3.57. The summed E-state index contributed by atoms with van der Waals surface area (Å²) in [7, 11) is 0. The van der Waals surface area contributed by atoms with Crippen molar-refractivity contribution in [2.75, 3.05) is 11.9 Å². The highest BCUT2D eigenvalue weighted by Gasteiger charge is 2.14. The Morgan fingerprint density at radius 1 is 1.33 bits per heavy atom. The van der Waals surface area contributed by atoms with E-state index >= 15 is 0 Å². The predicted octanol–water partition coefficient (Wildman–Crippen LogP) is 4.36. The zero-order valence-electron chi connectivity index (χ0n) is 9.22. The third kappa shape index (κ3) is 2.97. The minimum absolute atomic E-state index is 0.892. The fourth-order valence-corrected chi connectivity index (χ4v) is 2.61. The van der Waals surface area contributed by atoms with Crippen LogP contribution in [0.25, 0.3) is 0 Å². The number of hydrogen-bond donors (Lipinski definition) is 1. The van der Waals surface area contributed by atoms with E-state index in [1.165, 1.54) is 36.9 Å². The van der Waals surface area contributed by atoms with Crippen LogP contribution in [0.1, 0.15) is 31.2 Å². The fraction of sp³-hybridized carbons (Fsp3) is 0.538. The van der Waals surface area contributed by atoms with E-state index in [4.69, 9.17) is 0 Å². The van der Waals surface area contributed by atoms with Crippen molar-refractivity contribution < 1.29 is 0 Å². The van der Waals surface area contributed by atoms with Gasteiger partial charge in [-0.05, 0) is 43.4 Å². The Kier molecular flexibility index (Phi) is 3.68. The number of nitrogens with one attached hydrogen (secondary N) is 1. The quantitative estimate of drug-likeness (QED) is 0.858. The average Bonchev–Trinajstić information content (AvgIpc) is 2.72. The number of rotatable bonds is 3. The minimum atomic E-state index is 0.892. The van der Waals surface area contributed by atoms with Crippen molar-refractivity contribution in [3.05, 3.63) is 28.2 Å². The van der Waals surface area contributed by atoms with E-state index < -0.39 is 0 Å². The van der Waals surface area contributed by atoms with Crippen molar-refractivity contribution >= 4 is 21.6 Å². The minimum Gasteiger partial charge on any atom is -0.385 e. The number of hydrogen-bond acceptors (Lipinski definition) is 1. The Balaban J connectivity index is 1.94. The molecule has 0 heterocycles. The summed E-state index contributed by atoms with van der Waals surface area (Å²) in [5, 5.41) is 3.57. The lowest BCUT2D eigenvalue weighted by Crippen LogP contribution is -2.11. The van der Waals surface area contributed by atoms with Crippen molar-refractivity contribution in [1.29, 1.82) is 0 Å². The topological polar surface area (TPSA) is 12.0 Å². The van der Waals surface area contributed by atoms with Crippen LogP contribution in [-0.4, -0.2) is 6.54 Å². The maximum Gasteiger partial charge on any atom is 0.0381 e. The average molecular weight is 268 g/mol. The zero-order valence-corrected chi connectivity index (χ0v) is 10.8. The molecule has 0 aliphatic heterocycles. The highest BCUT2D eigenvalue weighted by molar-refractivity contribution is 9.10. The first-order valence-corrected chi connectivity index (χ1v) is 6.55. The Morgan fingerprint density at radius 3 is 2.80 bits per heavy atom. The first-order chi connectivity index (χ1) is 7.25. The maximum absolute atomic E-state index is 3.57. The molecule has 0 amide bonds. The number of aryl methyl sites for hydroxylation is 1. The monoisotopic (exact) mass is 267 g/mol. The molecule has 1 N–H and O–H groups in total. The Morgan fingerprint density at radius 2 is 2.07 bits per heavy atom. The molecule has 0 aromatic heterocycles. The molecule has 0 radical (unpaired) electrons. The second-order valence-electron chi connectivity index (χ2n) is 4.49. The highest BCUT2D eigenvalue weighted by Crippen LogP contribution is 2.26. The third-order valence-electron chi connectivity index (χ3n) is 3.26. The number of halogens is 1. The molecular weight excluding hydrogens is 250 g/mol. The molecule has 0 bridgehead atoms. The van der Waals surface area contributed by atoms with E-state index in [1.807, 2.05) is 0 Å². The van der Waals surface area contributed by atoms with Crippen LogP contribution in [-0.2, 0) is 0 Å². The first kappa shape index (κ1) is 11.0. The lowest BCUT2D eigenvalue weighted by atomic mass is 10.1. The lowest BCUT2D eigenvalue weighted by Gasteiger charge is -2.14. The van der Waals surface area contributed by atoms with Gasteiger partial charge in [-0.15, -0.1) is 0 Å². The number of benzene rings is 1. The molecule has 1 aromatic rings. The SMILES string of the molecule is Cc1ccc(Br)cc1NCC1CCCC1. The summed E-state index contributed by atoms with van der Waals surface area (Å²) in [6, 6.07) is 6.42. The summed E-state index contributed by atoms with van der Waals surface area (Å²) in [5.74, 6) is 0.892. The molecule has 2 heteroatoms. The van der Waals surface area contributed by atoms with Crippen LogP contribution in [0, 0.1) is 12.8 Å². The summed E-state index contributed by atoms with van der Waals surface area (Å²) in [5.41, 5.74) is 2.60. The van der Waals surface area contributed by atoms with Gasteiger partial charge in [-0.2, -0.15) is 0 Å². The summed E-state index contributed by atoms with van der Waals surface area (Å²) >= 11 is 3.51. The molecule has 0 spiro atoms. The second-order valence-corrected chi connectivity index (χ2v) is 5.41. The van der Waals surface area contributed by atoms with Gasteiger partial charge in [-0.1, -0.05) is 34.8 Å². The van der Waals surface area contributed by atoms with Gasteiger partial charge in [-0.3, -0.25) is 0 Å². The van der Waals surface area contributed by atoms with Gasteiger partial charge in [0, 0.05) is 16.7 Å². The smallest absolute Gasteiger partial charge is 0.0381 e. The lowest BCUT2D eigenvalue weighted by molar-refractivity contribution is 0.579. The van der Waals surface area contributed by atoms with Crippen LogP contribution in [0.4, 0.5) is 5.69 Å². The van der Waals surface area contributed by atoms with E-state index in [0.717, 1.165) is 16.9 Å². The summed E-state index contributed by atoms with van der Waals surface area (Å²) in [4.78, 5) is 0. The van der Waals surface area contributed by atoms with Crippen molar-refractivity contribution in [2.24, 2.45) is 5.92 Å². The molecule has 1 fully saturated rings. The number of anilines is 1. The molecule has 1 aliphatic rings. The van der Waals surface area contributed by atoms with Crippen molar-refractivity contribution in [3.8, 4) is 0 Å². The molecule has 0 saturated heterocycles. The highest BCUT2D eigenvalue weighted by atomic mass is 79.9. The van der Waals surface area contributed by atoms with Gasteiger partial charge in [0.15, 0.2) is 0 Å². The molecule has 82 valence electrons. The van der Waals surface area contributed by atoms with E-state index in [9.17, 15) is 0 Å². The first-order valence-electron chi connectivity index (χ1n) is 5.76. The van der Waals surface area contributed by atoms with Crippen LogP contribution in [0.2, 0.25) is 0 Å². The molecule has 0 atom stereocenters. The Bertz CT molecular complexity index is 329. The van der Waals surface area contributed by atoms with E-state index in [1.54, 1.807) is 0 Å². The summed E-state index contributed by atoms with van der Waals surface area (Å²) in [6.45, 7) is 3.29. The molecule has 1 nitrogen and oxygen atoms in total. The molecule has 1 aliphatic carbocycles. The molecule has 1 saturated carbocycles. The van der Waals surface area contributed by atoms with E-state index in [0.29, 0.717) is 0 Å². The van der Waals surface area contributed by atoms with Crippen LogP contribution in [0.15, 0.2) is 22.7 Å². The van der Waals surface area contributed by atoms with Crippen LogP contribution >= 0.6 is 15.9 Å². The van der Waals surface area contributed by atoms with E-state index in [2.05, 4.69) is 46.4 Å². The molecular formula is C13H18BrN. The van der Waals surface area contributed by atoms with Gasteiger partial charge >= 0.3 is 0 Å². The molecule has 1 aromatic carbocycles. The molecule has 15 heavy (non-hydrogen) atoms. The summed E-state index contributed by atoms with van der Waals surface area (Å²) < 4.78 is 1.15. The van der Waals surface area contributed by atoms with Crippen molar-refractivity contribution in [2.45, 2.75) is 32.6 Å². The van der Waals surface area contributed by atoms with Gasteiger partial charge < -0.3 is 5.32 Å². The van der Waals surface area contributed by atoms with Gasteiger partial charge in [0.05, 0.1) is 0 Å². The normalized spacial score (nSPS) is 16.9. The van der Waals surface area contributed by atoms with Gasteiger partial charge in [-0.25, -0.2) is 0 Å². The third-order valence-corrected chi connectivity index (χ3v) is 3.75. The van der Waals surface area contributed by atoms with Crippen molar-refractivity contribution in [3.63, 3.8) is 0 Å². The standard InChI is InChI=1S/C13H18BrN/c1-10-6-7-12(14)8-13(10)15-9-11-4-2-3-5-11/h6-8,11,15H,2-5,9H2,1H3. The van der Waals surface area contributed by atoms with Crippen LogP contribution in [0.5, 0.6) is 0 Å². The zero-order chi connectivity index (χ0) is 10.7. The predicted molar refractivity (Wildman–Crippen MR) is 69.3 cm³/mol. The van der Waals surface area contributed by atoms with Gasteiger partial charge in [0.2, 0.25) is 0 Å². The van der Waals surface area contributed by atoms with Crippen molar-refractivity contribution in [1.82, 2.24) is 0 Å². The second kappa shape index (κ2) is 5.02.